The number of amides is 1. The quantitative estimate of drug-likeness (QED) is 0.729. The van der Waals surface area contributed by atoms with Crippen LogP contribution in [0.1, 0.15) is 36.5 Å². The van der Waals surface area contributed by atoms with Gasteiger partial charge >= 0.3 is 12.3 Å². The van der Waals surface area contributed by atoms with E-state index in [4.69, 9.17) is 5.11 Å². The first-order chi connectivity index (χ1) is 12.1. The molecule has 0 aliphatic carbocycles. The minimum Gasteiger partial charge on any atom is -0.465 e. The number of rotatable bonds is 5. The van der Waals surface area contributed by atoms with Gasteiger partial charge < -0.3 is 10.0 Å². The molecule has 140 valence electrons. The summed E-state index contributed by atoms with van der Waals surface area (Å²) >= 11 is 0. The van der Waals surface area contributed by atoms with Gasteiger partial charge in [-0.05, 0) is 35.2 Å². The van der Waals surface area contributed by atoms with Crippen LogP contribution in [0, 0.1) is 0 Å². The number of alkyl halides is 3. The van der Waals surface area contributed by atoms with E-state index >= 15 is 0 Å². The zero-order chi connectivity index (χ0) is 19.5. The lowest BCUT2D eigenvalue weighted by atomic mass is 10.0. The third kappa shape index (κ3) is 4.91. The monoisotopic (exact) mass is 366 g/mol. The minimum absolute atomic E-state index is 0.348. The van der Waals surface area contributed by atoms with E-state index < -0.39 is 23.5 Å². The molecule has 0 fully saturated rings. The van der Waals surface area contributed by atoms with Crippen molar-refractivity contribution < 1.29 is 23.1 Å². The average Bonchev–Trinajstić information content (AvgIpc) is 2.54. The topological polar surface area (TPSA) is 52.6 Å². The first kappa shape index (κ1) is 19.6. The smallest absolute Gasteiger partial charge is 0.418 e. The Morgan fingerprint density at radius 1 is 1.15 bits per heavy atom. The Kier molecular flexibility index (Phi) is 5.79. The van der Waals surface area contributed by atoms with E-state index in [1.54, 1.807) is 17.3 Å². The molecule has 0 bridgehead atoms. The average molecular weight is 366 g/mol. The van der Waals surface area contributed by atoms with Crippen LogP contribution in [-0.2, 0) is 12.7 Å². The van der Waals surface area contributed by atoms with Gasteiger partial charge in [-0.15, -0.1) is 0 Å². The second kappa shape index (κ2) is 7.68. The second-order valence-electron chi connectivity index (χ2n) is 6.41. The molecule has 0 radical (unpaired) electrons. The number of hydrogen-bond acceptors (Lipinski definition) is 2. The van der Waals surface area contributed by atoms with Crippen LogP contribution < -0.4 is 10.2 Å². The van der Waals surface area contributed by atoms with Crippen LogP contribution in [0.25, 0.3) is 0 Å². The Morgan fingerprint density at radius 3 is 2.27 bits per heavy atom. The lowest BCUT2D eigenvalue weighted by Gasteiger charge is -2.22. The number of carbonyl (C=O) groups is 1. The minimum atomic E-state index is -4.66. The molecule has 2 aromatic rings. The number of nitrogens with one attached hydrogen (secondary N) is 1. The highest BCUT2D eigenvalue weighted by Gasteiger charge is 2.34. The summed E-state index contributed by atoms with van der Waals surface area (Å²) in [6, 6.07) is 11.5. The van der Waals surface area contributed by atoms with Crippen LogP contribution in [-0.4, -0.2) is 18.2 Å². The Hall–Kier alpha value is -2.70. The maximum Gasteiger partial charge on any atom is 0.418 e. The molecule has 0 atom stereocenters. The van der Waals surface area contributed by atoms with E-state index in [1.807, 2.05) is 24.3 Å². The Bertz CT molecular complexity index is 771. The van der Waals surface area contributed by atoms with Crippen molar-refractivity contribution in [1.29, 1.82) is 0 Å². The first-order valence-electron chi connectivity index (χ1n) is 8.09. The molecule has 0 saturated carbocycles. The SMILES string of the molecule is CC(C)c1ccc(CN(C)c2ccc(NC(=O)O)c(C(F)(F)F)c2)cc1. The van der Waals surface area contributed by atoms with Gasteiger partial charge in [0.05, 0.1) is 11.3 Å². The molecule has 0 spiro atoms. The van der Waals surface area contributed by atoms with Crippen LogP contribution in [0.3, 0.4) is 0 Å². The number of anilines is 2. The van der Waals surface area contributed by atoms with E-state index in [-0.39, 0.29) is 0 Å². The van der Waals surface area contributed by atoms with Crippen LogP contribution >= 0.6 is 0 Å². The standard InChI is InChI=1S/C19H21F3N2O2/c1-12(2)14-6-4-13(5-7-14)11-24(3)15-8-9-17(23-18(25)26)16(10-15)19(20,21)22/h4-10,12,23H,11H2,1-3H3,(H,25,26). The van der Waals surface area contributed by atoms with Crippen molar-refractivity contribution in [3.63, 3.8) is 0 Å². The molecule has 2 N–H and O–H groups in total. The maximum atomic E-state index is 13.2. The van der Waals surface area contributed by atoms with Crippen LogP contribution in [0.2, 0.25) is 0 Å². The van der Waals surface area contributed by atoms with E-state index in [9.17, 15) is 18.0 Å². The Labute approximate surface area is 150 Å². The van der Waals surface area contributed by atoms with E-state index in [2.05, 4.69) is 13.8 Å². The van der Waals surface area contributed by atoms with Crippen molar-refractivity contribution >= 4 is 17.5 Å². The number of nitrogens with zero attached hydrogens (tertiary/aromatic N) is 1. The van der Waals surface area contributed by atoms with Crippen LogP contribution in [0.4, 0.5) is 29.3 Å². The molecule has 4 nitrogen and oxygen atoms in total. The van der Waals surface area contributed by atoms with Crippen molar-refractivity contribution in [3.8, 4) is 0 Å². The predicted octanol–water partition coefficient (Wildman–Crippen LogP) is 5.56. The van der Waals surface area contributed by atoms with Crippen molar-refractivity contribution in [3.05, 3.63) is 59.2 Å². The number of benzene rings is 2. The molecule has 7 heteroatoms. The third-order valence-corrected chi connectivity index (χ3v) is 4.06. The third-order valence-electron chi connectivity index (χ3n) is 4.06. The molecule has 2 rings (SSSR count). The van der Waals surface area contributed by atoms with Crippen molar-refractivity contribution in [2.75, 3.05) is 17.3 Å². The summed E-state index contributed by atoms with van der Waals surface area (Å²) < 4.78 is 39.7. The van der Waals surface area contributed by atoms with Gasteiger partial charge in [0.25, 0.3) is 0 Å². The van der Waals surface area contributed by atoms with Crippen LogP contribution in [0.15, 0.2) is 42.5 Å². The van der Waals surface area contributed by atoms with Gasteiger partial charge in [0.1, 0.15) is 0 Å². The first-order valence-corrected chi connectivity index (χ1v) is 8.09. The number of hydrogen-bond donors (Lipinski definition) is 2. The zero-order valence-electron chi connectivity index (χ0n) is 14.8. The summed E-state index contributed by atoms with van der Waals surface area (Å²) in [5.41, 5.74) is 1.02. The maximum absolute atomic E-state index is 13.2. The van der Waals surface area contributed by atoms with E-state index in [1.165, 1.54) is 11.6 Å². The van der Waals surface area contributed by atoms with Crippen molar-refractivity contribution in [1.82, 2.24) is 0 Å². The summed E-state index contributed by atoms with van der Waals surface area (Å²) in [7, 11) is 1.69. The van der Waals surface area contributed by atoms with Gasteiger partial charge in [-0.1, -0.05) is 38.1 Å². The molecule has 1 amide bonds. The fourth-order valence-corrected chi connectivity index (χ4v) is 2.60. The zero-order valence-corrected chi connectivity index (χ0v) is 14.8. The molecule has 0 heterocycles. The molecular weight excluding hydrogens is 345 g/mol. The van der Waals surface area contributed by atoms with Gasteiger partial charge in [0.2, 0.25) is 0 Å². The summed E-state index contributed by atoms with van der Waals surface area (Å²) in [6.45, 7) is 4.61. The Balaban J connectivity index is 2.25. The predicted molar refractivity (Wildman–Crippen MR) is 95.7 cm³/mol. The number of carboxylic acid groups (broad SMARTS) is 1. The van der Waals surface area contributed by atoms with Gasteiger partial charge in [0.15, 0.2) is 0 Å². The summed E-state index contributed by atoms with van der Waals surface area (Å²) in [5.74, 6) is 0.408. The highest BCUT2D eigenvalue weighted by molar-refractivity contribution is 5.84. The molecule has 0 aliphatic rings. The van der Waals surface area contributed by atoms with Gasteiger partial charge in [0, 0.05) is 19.3 Å². The fourth-order valence-electron chi connectivity index (χ4n) is 2.60. The summed E-state index contributed by atoms with van der Waals surface area (Å²) in [4.78, 5) is 12.4. The molecule has 0 saturated heterocycles. The largest absolute Gasteiger partial charge is 0.465 e. The number of halogens is 3. The van der Waals surface area contributed by atoms with Crippen LogP contribution in [0.5, 0.6) is 0 Å². The molecule has 0 aliphatic heterocycles. The van der Waals surface area contributed by atoms with Gasteiger partial charge in [-0.3, -0.25) is 5.32 Å². The molecule has 0 unspecified atom stereocenters. The van der Waals surface area contributed by atoms with Crippen molar-refractivity contribution in [2.24, 2.45) is 0 Å². The molecule has 2 aromatic carbocycles. The summed E-state index contributed by atoms with van der Waals surface area (Å²) in [5, 5.41) is 10.5. The van der Waals surface area contributed by atoms with Gasteiger partial charge in [-0.2, -0.15) is 13.2 Å². The molecule has 0 aromatic heterocycles. The summed E-state index contributed by atoms with van der Waals surface area (Å²) in [6.07, 6.45) is -6.20. The van der Waals surface area contributed by atoms with Gasteiger partial charge in [-0.25, -0.2) is 4.79 Å². The van der Waals surface area contributed by atoms with E-state index in [0.29, 0.717) is 18.2 Å². The lowest BCUT2D eigenvalue weighted by molar-refractivity contribution is -0.136. The highest BCUT2D eigenvalue weighted by Crippen LogP contribution is 2.37. The normalized spacial score (nSPS) is 11.5. The van der Waals surface area contributed by atoms with Crippen molar-refractivity contribution in [2.45, 2.75) is 32.5 Å². The Morgan fingerprint density at radius 2 is 1.77 bits per heavy atom. The lowest BCUT2D eigenvalue weighted by Crippen LogP contribution is -2.19. The van der Waals surface area contributed by atoms with E-state index in [0.717, 1.165) is 17.7 Å². The highest BCUT2D eigenvalue weighted by atomic mass is 19.4. The molecular formula is C19H21F3N2O2. The second-order valence-corrected chi connectivity index (χ2v) is 6.41. The fraction of sp³-hybridized carbons (Fsp3) is 0.316. The molecule has 26 heavy (non-hydrogen) atoms.